The van der Waals surface area contributed by atoms with E-state index in [1.807, 2.05) is 0 Å². The standard InChI is InChI=1S/C10H19N3O/c1-2-8(7-10(11)13-14)12-9-5-3-4-6-9/h3-4,8-9,12,14H,2,5-7H2,1H3,(H2,11,13). The Hall–Kier alpha value is -1.03. The zero-order valence-electron chi connectivity index (χ0n) is 8.61. The average molecular weight is 197 g/mol. The zero-order chi connectivity index (χ0) is 10.4. The van der Waals surface area contributed by atoms with Gasteiger partial charge in [0, 0.05) is 18.5 Å². The summed E-state index contributed by atoms with van der Waals surface area (Å²) in [5.74, 6) is 0.301. The quantitative estimate of drug-likeness (QED) is 0.204. The summed E-state index contributed by atoms with van der Waals surface area (Å²) in [6.45, 7) is 2.10. The molecule has 0 aromatic rings. The molecule has 0 radical (unpaired) electrons. The van der Waals surface area contributed by atoms with E-state index in [0.717, 1.165) is 19.3 Å². The monoisotopic (exact) mass is 197 g/mol. The summed E-state index contributed by atoms with van der Waals surface area (Å²) < 4.78 is 0. The van der Waals surface area contributed by atoms with Crippen molar-refractivity contribution in [3.63, 3.8) is 0 Å². The minimum absolute atomic E-state index is 0.301. The largest absolute Gasteiger partial charge is 0.409 e. The first-order chi connectivity index (χ1) is 6.76. The van der Waals surface area contributed by atoms with Gasteiger partial charge in [-0.2, -0.15) is 0 Å². The Bertz CT molecular complexity index is 217. The second kappa shape index (κ2) is 5.65. The van der Waals surface area contributed by atoms with Gasteiger partial charge in [-0.15, -0.1) is 0 Å². The van der Waals surface area contributed by atoms with Gasteiger partial charge in [-0.05, 0) is 19.3 Å². The third kappa shape index (κ3) is 3.38. The summed E-state index contributed by atoms with van der Waals surface area (Å²) in [6.07, 6.45) is 8.16. The second-order valence-corrected chi connectivity index (χ2v) is 3.71. The molecule has 1 aliphatic carbocycles. The molecule has 0 saturated carbocycles. The molecule has 0 saturated heterocycles. The molecular formula is C10H19N3O. The third-order valence-corrected chi connectivity index (χ3v) is 2.56. The molecule has 4 nitrogen and oxygen atoms in total. The fourth-order valence-electron chi connectivity index (χ4n) is 1.70. The highest BCUT2D eigenvalue weighted by atomic mass is 16.4. The molecule has 4 heteroatoms. The molecule has 0 fully saturated rings. The summed E-state index contributed by atoms with van der Waals surface area (Å²) in [7, 11) is 0. The molecule has 0 aromatic carbocycles. The molecule has 14 heavy (non-hydrogen) atoms. The number of rotatable bonds is 5. The van der Waals surface area contributed by atoms with Gasteiger partial charge in [-0.3, -0.25) is 0 Å². The summed E-state index contributed by atoms with van der Waals surface area (Å²) in [4.78, 5) is 0. The van der Waals surface area contributed by atoms with Gasteiger partial charge >= 0.3 is 0 Å². The van der Waals surface area contributed by atoms with Gasteiger partial charge in [0.15, 0.2) is 0 Å². The summed E-state index contributed by atoms with van der Waals surface area (Å²) in [5.41, 5.74) is 5.47. The van der Waals surface area contributed by atoms with Crippen molar-refractivity contribution < 1.29 is 5.21 Å². The van der Waals surface area contributed by atoms with Gasteiger partial charge in [0.25, 0.3) is 0 Å². The van der Waals surface area contributed by atoms with Crippen molar-refractivity contribution >= 4 is 5.84 Å². The van der Waals surface area contributed by atoms with Crippen LogP contribution >= 0.6 is 0 Å². The van der Waals surface area contributed by atoms with Crippen LogP contribution in [0.5, 0.6) is 0 Å². The summed E-state index contributed by atoms with van der Waals surface area (Å²) in [5, 5.41) is 14.9. The summed E-state index contributed by atoms with van der Waals surface area (Å²) in [6, 6.07) is 0.849. The molecule has 0 aliphatic heterocycles. The van der Waals surface area contributed by atoms with Crippen LogP contribution in [-0.2, 0) is 0 Å². The lowest BCUT2D eigenvalue weighted by Gasteiger charge is -2.21. The van der Waals surface area contributed by atoms with Gasteiger partial charge in [-0.1, -0.05) is 24.2 Å². The predicted octanol–water partition coefficient (Wildman–Crippen LogP) is 1.21. The van der Waals surface area contributed by atoms with E-state index in [4.69, 9.17) is 10.9 Å². The number of oxime groups is 1. The smallest absolute Gasteiger partial charge is 0.140 e. The number of nitrogens with zero attached hydrogens (tertiary/aromatic N) is 1. The number of nitrogens with two attached hydrogens (primary N) is 1. The highest BCUT2D eigenvalue weighted by Gasteiger charge is 2.15. The molecule has 80 valence electrons. The van der Waals surface area contributed by atoms with E-state index in [1.165, 1.54) is 0 Å². The Morgan fingerprint density at radius 1 is 1.64 bits per heavy atom. The highest BCUT2D eigenvalue weighted by Crippen LogP contribution is 2.11. The predicted molar refractivity (Wildman–Crippen MR) is 57.4 cm³/mol. The minimum Gasteiger partial charge on any atom is -0.409 e. The Kier molecular flexibility index (Phi) is 4.46. The first-order valence-electron chi connectivity index (χ1n) is 5.13. The highest BCUT2D eigenvalue weighted by molar-refractivity contribution is 5.80. The van der Waals surface area contributed by atoms with Crippen LogP contribution in [-0.4, -0.2) is 23.1 Å². The van der Waals surface area contributed by atoms with E-state index in [1.54, 1.807) is 0 Å². The molecule has 0 amide bonds. The van der Waals surface area contributed by atoms with Crippen molar-refractivity contribution in [3.05, 3.63) is 12.2 Å². The minimum atomic E-state index is 0.301. The second-order valence-electron chi connectivity index (χ2n) is 3.71. The van der Waals surface area contributed by atoms with Crippen LogP contribution in [0.1, 0.15) is 32.6 Å². The summed E-state index contributed by atoms with van der Waals surface area (Å²) >= 11 is 0. The Morgan fingerprint density at radius 2 is 2.29 bits per heavy atom. The molecule has 0 heterocycles. The topological polar surface area (TPSA) is 70.6 Å². The molecule has 1 atom stereocenters. The van der Waals surface area contributed by atoms with E-state index >= 15 is 0 Å². The lowest BCUT2D eigenvalue weighted by atomic mass is 10.1. The van der Waals surface area contributed by atoms with Crippen LogP contribution in [0.2, 0.25) is 0 Å². The first kappa shape index (κ1) is 11.0. The maximum Gasteiger partial charge on any atom is 0.140 e. The third-order valence-electron chi connectivity index (χ3n) is 2.56. The molecule has 1 rings (SSSR count). The molecule has 0 spiro atoms. The van der Waals surface area contributed by atoms with E-state index in [0.29, 0.717) is 24.3 Å². The van der Waals surface area contributed by atoms with Crippen molar-refractivity contribution in [1.82, 2.24) is 5.32 Å². The molecular weight excluding hydrogens is 178 g/mol. The van der Waals surface area contributed by atoms with Crippen molar-refractivity contribution in [2.75, 3.05) is 0 Å². The van der Waals surface area contributed by atoms with Crippen LogP contribution in [0.15, 0.2) is 17.3 Å². The fourth-order valence-corrected chi connectivity index (χ4v) is 1.70. The lowest BCUT2D eigenvalue weighted by molar-refractivity contribution is 0.314. The van der Waals surface area contributed by atoms with Crippen molar-refractivity contribution in [3.8, 4) is 0 Å². The van der Waals surface area contributed by atoms with E-state index in [9.17, 15) is 0 Å². The van der Waals surface area contributed by atoms with Gasteiger partial charge in [0.05, 0.1) is 0 Å². The normalized spacial score (nSPS) is 20.2. The van der Waals surface area contributed by atoms with Crippen molar-refractivity contribution in [2.24, 2.45) is 10.9 Å². The number of amidine groups is 1. The molecule has 0 bridgehead atoms. The van der Waals surface area contributed by atoms with E-state index in [2.05, 4.69) is 29.5 Å². The van der Waals surface area contributed by atoms with Crippen LogP contribution in [0.25, 0.3) is 0 Å². The van der Waals surface area contributed by atoms with E-state index in [-0.39, 0.29) is 0 Å². The van der Waals surface area contributed by atoms with Crippen LogP contribution in [0, 0.1) is 0 Å². The SMILES string of the molecule is CCC(C/C(N)=N/O)NC1CC=CC1. The van der Waals surface area contributed by atoms with Crippen LogP contribution in [0.3, 0.4) is 0 Å². The average Bonchev–Trinajstić information content (AvgIpc) is 2.69. The molecule has 1 unspecified atom stereocenters. The molecule has 0 aromatic heterocycles. The fraction of sp³-hybridized carbons (Fsp3) is 0.700. The first-order valence-corrected chi connectivity index (χ1v) is 5.13. The van der Waals surface area contributed by atoms with Gasteiger partial charge in [0.1, 0.15) is 5.84 Å². The number of nitrogens with one attached hydrogen (secondary N) is 1. The van der Waals surface area contributed by atoms with Crippen LogP contribution in [0.4, 0.5) is 0 Å². The Morgan fingerprint density at radius 3 is 2.79 bits per heavy atom. The maximum atomic E-state index is 8.46. The number of hydrogen-bond donors (Lipinski definition) is 3. The van der Waals surface area contributed by atoms with Gasteiger partial charge in [0.2, 0.25) is 0 Å². The number of hydrogen-bond acceptors (Lipinski definition) is 3. The van der Waals surface area contributed by atoms with E-state index < -0.39 is 0 Å². The van der Waals surface area contributed by atoms with Crippen LogP contribution < -0.4 is 11.1 Å². The Balaban J connectivity index is 2.31. The zero-order valence-corrected chi connectivity index (χ0v) is 8.61. The van der Waals surface area contributed by atoms with Gasteiger partial charge in [-0.25, -0.2) is 0 Å². The molecule has 1 aliphatic rings. The lowest BCUT2D eigenvalue weighted by Crippen LogP contribution is -2.39. The van der Waals surface area contributed by atoms with Gasteiger partial charge < -0.3 is 16.3 Å². The Labute approximate surface area is 84.9 Å². The van der Waals surface area contributed by atoms with Crippen molar-refractivity contribution in [1.29, 1.82) is 0 Å². The maximum absolute atomic E-state index is 8.46. The van der Waals surface area contributed by atoms with Crippen molar-refractivity contribution in [2.45, 2.75) is 44.7 Å². The molecule has 4 N–H and O–H groups in total.